The lowest BCUT2D eigenvalue weighted by Crippen LogP contribution is -2.39. The molecule has 0 aliphatic carbocycles. The minimum absolute atomic E-state index is 0.0197. The molecule has 19 heavy (non-hydrogen) atoms. The number of halogens is 1. The Morgan fingerprint density at radius 3 is 2.79 bits per heavy atom. The molecule has 1 heterocycles. The Morgan fingerprint density at radius 1 is 1.42 bits per heavy atom. The first-order chi connectivity index (χ1) is 8.85. The van der Waals surface area contributed by atoms with Crippen molar-refractivity contribution in [3.63, 3.8) is 0 Å². The number of aromatic carboxylic acids is 1. The lowest BCUT2D eigenvalue weighted by molar-refractivity contribution is 0.0695. The van der Waals surface area contributed by atoms with Gasteiger partial charge in [-0.3, -0.25) is 4.90 Å². The number of benzene rings is 1. The zero-order valence-electron chi connectivity index (χ0n) is 11.4. The molecule has 1 aliphatic heterocycles. The third-order valence-corrected chi connectivity index (χ3v) is 3.59. The third kappa shape index (κ3) is 3.77. The highest BCUT2D eigenvalue weighted by Gasteiger charge is 2.26. The van der Waals surface area contributed by atoms with E-state index in [0.717, 1.165) is 31.1 Å². The van der Waals surface area contributed by atoms with E-state index in [0.29, 0.717) is 6.54 Å². The van der Waals surface area contributed by atoms with Crippen LogP contribution in [-0.2, 0) is 6.54 Å². The minimum Gasteiger partial charge on any atom is -0.478 e. The Labute approximate surface area is 113 Å². The lowest BCUT2D eigenvalue weighted by atomic mass is 9.84. The van der Waals surface area contributed by atoms with Crippen molar-refractivity contribution in [2.24, 2.45) is 5.41 Å². The summed E-state index contributed by atoms with van der Waals surface area (Å²) in [5.74, 6) is -1.56. The summed E-state index contributed by atoms with van der Waals surface area (Å²) >= 11 is 0. The number of carboxylic acid groups (broad SMARTS) is 1. The minimum atomic E-state index is -1.08. The monoisotopic (exact) mass is 265 g/mol. The number of carboxylic acids is 1. The maximum atomic E-state index is 13.4. The largest absolute Gasteiger partial charge is 0.478 e. The van der Waals surface area contributed by atoms with Gasteiger partial charge in [-0.15, -0.1) is 0 Å². The number of piperidine rings is 1. The van der Waals surface area contributed by atoms with Crippen molar-refractivity contribution in [2.45, 2.75) is 33.2 Å². The fourth-order valence-electron chi connectivity index (χ4n) is 2.80. The van der Waals surface area contributed by atoms with E-state index in [2.05, 4.69) is 18.7 Å². The number of hydrogen-bond acceptors (Lipinski definition) is 2. The molecule has 1 aromatic carbocycles. The maximum absolute atomic E-state index is 13.4. The predicted molar refractivity (Wildman–Crippen MR) is 71.7 cm³/mol. The van der Waals surface area contributed by atoms with E-state index < -0.39 is 11.8 Å². The standard InChI is InChI=1S/C15H20FNO2/c1-15(2)4-3-5-17(10-15)9-11-6-12(14(18)19)8-13(16)7-11/h6-8H,3-5,9-10H2,1-2H3,(H,18,19). The molecule has 0 bridgehead atoms. The van der Waals surface area contributed by atoms with Crippen molar-refractivity contribution in [3.8, 4) is 0 Å². The maximum Gasteiger partial charge on any atom is 0.335 e. The topological polar surface area (TPSA) is 40.5 Å². The van der Waals surface area contributed by atoms with Gasteiger partial charge in [0.2, 0.25) is 0 Å². The zero-order chi connectivity index (χ0) is 14.0. The number of rotatable bonds is 3. The van der Waals surface area contributed by atoms with Gasteiger partial charge < -0.3 is 5.11 Å². The van der Waals surface area contributed by atoms with E-state index in [1.54, 1.807) is 6.07 Å². The van der Waals surface area contributed by atoms with Gasteiger partial charge in [-0.2, -0.15) is 0 Å². The van der Waals surface area contributed by atoms with Gasteiger partial charge in [-0.1, -0.05) is 13.8 Å². The Hall–Kier alpha value is -1.42. The molecule has 0 unspecified atom stereocenters. The van der Waals surface area contributed by atoms with E-state index in [9.17, 15) is 9.18 Å². The SMILES string of the molecule is CC1(C)CCCN(Cc2cc(F)cc(C(=O)O)c2)C1. The van der Waals surface area contributed by atoms with Crippen molar-refractivity contribution >= 4 is 5.97 Å². The lowest BCUT2D eigenvalue weighted by Gasteiger charge is -2.38. The van der Waals surface area contributed by atoms with Gasteiger partial charge in [-0.25, -0.2) is 9.18 Å². The van der Waals surface area contributed by atoms with Crippen LogP contribution >= 0.6 is 0 Å². The van der Waals surface area contributed by atoms with Crippen LogP contribution < -0.4 is 0 Å². The summed E-state index contributed by atoms with van der Waals surface area (Å²) in [6, 6.07) is 4.05. The first kappa shape index (κ1) is 14.0. The second kappa shape index (κ2) is 5.29. The molecular formula is C15H20FNO2. The Kier molecular flexibility index (Phi) is 3.90. The van der Waals surface area contributed by atoms with Gasteiger partial charge in [0, 0.05) is 13.1 Å². The molecule has 0 spiro atoms. The summed E-state index contributed by atoms with van der Waals surface area (Å²) in [4.78, 5) is 13.2. The summed E-state index contributed by atoms with van der Waals surface area (Å²) in [7, 11) is 0. The van der Waals surface area contributed by atoms with E-state index in [1.807, 2.05) is 0 Å². The van der Waals surface area contributed by atoms with Crippen LogP contribution in [0.3, 0.4) is 0 Å². The first-order valence-corrected chi connectivity index (χ1v) is 6.61. The van der Waals surface area contributed by atoms with Crippen LogP contribution in [0.4, 0.5) is 4.39 Å². The molecule has 0 amide bonds. The van der Waals surface area contributed by atoms with Crippen LogP contribution in [0.5, 0.6) is 0 Å². The molecule has 0 saturated carbocycles. The Balaban J connectivity index is 2.12. The molecule has 0 aromatic heterocycles. The van der Waals surface area contributed by atoms with Gasteiger partial charge in [0.15, 0.2) is 0 Å². The fraction of sp³-hybridized carbons (Fsp3) is 0.533. The summed E-state index contributed by atoms with van der Waals surface area (Å²) < 4.78 is 13.4. The summed E-state index contributed by atoms with van der Waals surface area (Å²) in [6.07, 6.45) is 2.33. The van der Waals surface area contributed by atoms with Crippen LogP contribution in [0.2, 0.25) is 0 Å². The molecule has 1 aliphatic rings. The summed E-state index contributed by atoms with van der Waals surface area (Å²) in [5, 5.41) is 8.94. The first-order valence-electron chi connectivity index (χ1n) is 6.61. The molecule has 104 valence electrons. The van der Waals surface area contributed by atoms with Crippen LogP contribution in [0.25, 0.3) is 0 Å². The predicted octanol–water partition coefficient (Wildman–Crippen LogP) is 3.15. The highest BCUT2D eigenvalue weighted by atomic mass is 19.1. The van der Waals surface area contributed by atoms with Crippen LogP contribution in [0.15, 0.2) is 18.2 Å². The highest BCUT2D eigenvalue weighted by molar-refractivity contribution is 5.87. The molecule has 2 rings (SSSR count). The molecule has 0 atom stereocenters. The van der Waals surface area contributed by atoms with Crippen molar-refractivity contribution < 1.29 is 14.3 Å². The zero-order valence-corrected chi connectivity index (χ0v) is 11.4. The number of hydrogen-bond donors (Lipinski definition) is 1. The second-order valence-corrected chi connectivity index (χ2v) is 6.13. The van der Waals surface area contributed by atoms with Crippen molar-refractivity contribution in [1.29, 1.82) is 0 Å². The number of likely N-dealkylation sites (tertiary alicyclic amines) is 1. The van der Waals surface area contributed by atoms with Crippen LogP contribution in [0, 0.1) is 11.2 Å². The van der Waals surface area contributed by atoms with Crippen molar-refractivity contribution in [1.82, 2.24) is 4.90 Å². The van der Waals surface area contributed by atoms with Crippen molar-refractivity contribution in [3.05, 3.63) is 35.1 Å². The Morgan fingerprint density at radius 2 is 2.16 bits per heavy atom. The van der Waals surface area contributed by atoms with Gasteiger partial charge in [0.05, 0.1) is 5.56 Å². The molecular weight excluding hydrogens is 245 g/mol. The van der Waals surface area contributed by atoms with Gasteiger partial charge >= 0.3 is 5.97 Å². The van der Waals surface area contributed by atoms with Gasteiger partial charge in [-0.05, 0) is 48.6 Å². The van der Waals surface area contributed by atoms with E-state index in [4.69, 9.17) is 5.11 Å². The Bertz CT molecular complexity index is 485. The highest BCUT2D eigenvalue weighted by Crippen LogP contribution is 2.29. The molecule has 3 nitrogen and oxygen atoms in total. The molecule has 1 saturated heterocycles. The van der Waals surface area contributed by atoms with Crippen molar-refractivity contribution in [2.75, 3.05) is 13.1 Å². The molecule has 1 fully saturated rings. The van der Waals surface area contributed by atoms with Gasteiger partial charge in [0.1, 0.15) is 5.82 Å². The fourth-order valence-corrected chi connectivity index (χ4v) is 2.80. The van der Waals surface area contributed by atoms with Crippen LogP contribution in [-0.4, -0.2) is 29.1 Å². The summed E-state index contributed by atoms with van der Waals surface area (Å²) in [6.45, 7) is 7.02. The normalized spacial score (nSPS) is 19.3. The molecule has 0 radical (unpaired) electrons. The number of nitrogens with zero attached hydrogens (tertiary/aromatic N) is 1. The quantitative estimate of drug-likeness (QED) is 0.912. The summed E-state index contributed by atoms with van der Waals surface area (Å²) in [5.41, 5.74) is 1.03. The molecule has 1 aromatic rings. The average Bonchev–Trinajstić information content (AvgIpc) is 2.26. The number of carbonyl (C=O) groups is 1. The smallest absolute Gasteiger partial charge is 0.335 e. The van der Waals surface area contributed by atoms with E-state index in [1.165, 1.54) is 12.5 Å². The third-order valence-electron chi connectivity index (χ3n) is 3.59. The second-order valence-electron chi connectivity index (χ2n) is 6.13. The van der Waals surface area contributed by atoms with Gasteiger partial charge in [0.25, 0.3) is 0 Å². The molecule has 4 heteroatoms. The average molecular weight is 265 g/mol. The van der Waals surface area contributed by atoms with E-state index in [-0.39, 0.29) is 11.0 Å². The van der Waals surface area contributed by atoms with Crippen LogP contribution in [0.1, 0.15) is 42.6 Å². The molecule has 1 N–H and O–H groups in total. The van der Waals surface area contributed by atoms with E-state index >= 15 is 0 Å².